The SMILES string of the molecule is CC(C)(C)OC(=O)NC(CSCCN1C(=O)[C@@H](NC(=O)c2cc3ccccc3[nH]2)N=C(c2ccccc2)c2ccccc21)C(=O)OC(c1ccccc1)c1ccccc1. The molecule has 5 aromatic carbocycles. The molecule has 1 aromatic heterocycles. The molecule has 3 amide bonds. The van der Waals surface area contributed by atoms with Gasteiger partial charge >= 0.3 is 12.1 Å². The molecule has 7 rings (SSSR count). The van der Waals surface area contributed by atoms with Gasteiger partial charge in [-0.3, -0.25) is 9.59 Å². The first-order valence-corrected chi connectivity index (χ1v) is 20.5. The summed E-state index contributed by atoms with van der Waals surface area (Å²) in [6, 6.07) is 44.0. The van der Waals surface area contributed by atoms with Crippen LogP contribution in [0.25, 0.3) is 10.9 Å². The molecule has 1 aliphatic rings. The minimum atomic E-state index is -1.26. The fraction of sp³-hybridized carbons (Fsp3) is 0.213. The lowest BCUT2D eigenvalue weighted by Crippen LogP contribution is -2.48. The van der Waals surface area contributed by atoms with Crippen LogP contribution in [0, 0.1) is 0 Å². The molecule has 0 fully saturated rings. The van der Waals surface area contributed by atoms with Gasteiger partial charge in [-0.05, 0) is 50.1 Å². The number of esters is 1. The van der Waals surface area contributed by atoms with Crippen LogP contribution >= 0.6 is 11.8 Å². The van der Waals surface area contributed by atoms with E-state index in [0.717, 1.165) is 33.2 Å². The monoisotopic (exact) mass is 807 g/mol. The van der Waals surface area contributed by atoms with Crippen molar-refractivity contribution in [3.05, 3.63) is 174 Å². The number of H-pyrrole nitrogens is 1. The van der Waals surface area contributed by atoms with E-state index in [-0.39, 0.29) is 12.3 Å². The molecule has 6 aromatic rings. The summed E-state index contributed by atoms with van der Waals surface area (Å²) in [5.74, 6) is -1.08. The van der Waals surface area contributed by atoms with E-state index in [0.29, 0.717) is 22.8 Å². The summed E-state index contributed by atoms with van der Waals surface area (Å²) >= 11 is 1.36. The van der Waals surface area contributed by atoms with E-state index in [1.165, 1.54) is 11.8 Å². The highest BCUT2D eigenvalue weighted by Gasteiger charge is 2.34. The van der Waals surface area contributed by atoms with Crippen LogP contribution in [0.3, 0.4) is 0 Å². The molecule has 0 spiro atoms. The number of hydrogen-bond acceptors (Lipinski definition) is 8. The van der Waals surface area contributed by atoms with Crippen molar-refractivity contribution in [1.82, 2.24) is 15.6 Å². The number of aromatic nitrogens is 1. The first kappa shape index (κ1) is 40.5. The van der Waals surface area contributed by atoms with Crippen molar-refractivity contribution in [1.29, 1.82) is 0 Å². The third-order valence-electron chi connectivity index (χ3n) is 9.46. The number of aromatic amines is 1. The van der Waals surface area contributed by atoms with E-state index in [1.54, 1.807) is 31.7 Å². The number of aliphatic imine (C=N–C) groups is 1. The summed E-state index contributed by atoms with van der Waals surface area (Å²) in [5, 5.41) is 6.47. The van der Waals surface area contributed by atoms with Gasteiger partial charge in [-0.1, -0.05) is 127 Å². The van der Waals surface area contributed by atoms with E-state index >= 15 is 0 Å². The zero-order chi connectivity index (χ0) is 41.4. The number of nitrogens with zero attached hydrogens (tertiary/aromatic N) is 2. The molecule has 1 unspecified atom stereocenters. The molecule has 1 aliphatic heterocycles. The summed E-state index contributed by atoms with van der Waals surface area (Å²) in [4.78, 5) is 65.0. The number of thioether (sulfide) groups is 1. The number of fused-ring (bicyclic) bond motifs is 2. The van der Waals surface area contributed by atoms with Crippen LogP contribution in [0.2, 0.25) is 0 Å². The second kappa shape index (κ2) is 18.3. The smallest absolute Gasteiger partial charge is 0.408 e. The van der Waals surface area contributed by atoms with Crippen molar-refractivity contribution in [3.63, 3.8) is 0 Å². The standard InChI is InChI=1S/C47H45N5O6S/c1-47(2,3)58-46(56)49-38(45(55)57-41(32-19-9-5-10-20-32)33-21-11-6-12-22-33)30-59-28-27-52-39-26-16-14-24-35(39)40(31-17-7-4-8-18-31)50-42(44(52)54)51-43(53)37-29-34-23-13-15-25-36(34)48-37/h4-26,29,38,41-42,48H,27-28,30H2,1-3H3,(H,49,56)(H,51,53)/t38?,42-/m1/s1. The molecule has 59 heavy (non-hydrogen) atoms. The minimum absolute atomic E-state index is 0.115. The Kier molecular flexibility index (Phi) is 12.6. The summed E-state index contributed by atoms with van der Waals surface area (Å²) in [6.45, 7) is 5.43. The largest absolute Gasteiger partial charge is 0.451 e. The zero-order valence-corrected chi connectivity index (χ0v) is 33.8. The second-order valence-electron chi connectivity index (χ2n) is 14.9. The third-order valence-corrected chi connectivity index (χ3v) is 10.5. The second-order valence-corrected chi connectivity index (χ2v) is 16.1. The first-order chi connectivity index (χ1) is 28.5. The number of para-hydroxylation sites is 2. The first-order valence-electron chi connectivity index (χ1n) is 19.3. The number of amides is 3. The van der Waals surface area contributed by atoms with Gasteiger partial charge < -0.3 is 30.0 Å². The molecule has 0 bridgehead atoms. The molecule has 12 heteroatoms. The maximum absolute atomic E-state index is 14.6. The number of carbonyl (C=O) groups excluding carboxylic acids is 4. The normalized spacial score (nSPS) is 14.5. The number of alkyl carbamates (subject to hydrolysis) is 1. The predicted octanol–water partition coefficient (Wildman–Crippen LogP) is 8.07. The molecule has 300 valence electrons. The molecule has 0 saturated carbocycles. The van der Waals surface area contributed by atoms with E-state index in [9.17, 15) is 19.2 Å². The van der Waals surface area contributed by atoms with Crippen molar-refractivity contribution in [2.24, 2.45) is 4.99 Å². The quantitative estimate of drug-likeness (QED) is 0.0792. The van der Waals surface area contributed by atoms with E-state index in [2.05, 4.69) is 15.6 Å². The van der Waals surface area contributed by atoms with E-state index < -0.39 is 47.8 Å². The van der Waals surface area contributed by atoms with Crippen molar-refractivity contribution in [2.45, 2.75) is 44.7 Å². The summed E-state index contributed by atoms with van der Waals surface area (Å²) in [7, 11) is 0. The van der Waals surface area contributed by atoms with Crippen molar-refractivity contribution >= 4 is 57.9 Å². The number of hydrogen-bond donors (Lipinski definition) is 3. The predicted molar refractivity (Wildman–Crippen MR) is 232 cm³/mol. The van der Waals surface area contributed by atoms with Crippen LogP contribution in [-0.2, 0) is 19.1 Å². The van der Waals surface area contributed by atoms with Gasteiger partial charge in [0.1, 0.15) is 17.3 Å². The van der Waals surface area contributed by atoms with Crippen molar-refractivity contribution in [3.8, 4) is 0 Å². The maximum Gasteiger partial charge on any atom is 0.408 e. The summed E-state index contributed by atoms with van der Waals surface area (Å²) < 4.78 is 11.7. The van der Waals surface area contributed by atoms with Crippen LogP contribution in [0.5, 0.6) is 0 Å². The van der Waals surface area contributed by atoms with E-state index in [1.807, 2.05) is 140 Å². The Morgan fingerprint density at radius 2 is 1.42 bits per heavy atom. The number of anilines is 1. The van der Waals surface area contributed by atoms with Gasteiger partial charge in [0.2, 0.25) is 6.17 Å². The van der Waals surface area contributed by atoms with Gasteiger partial charge in [0.15, 0.2) is 6.10 Å². The Morgan fingerprint density at radius 3 is 2.08 bits per heavy atom. The Bertz CT molecular complexity index is 2380. The van der Waals surface area contributed by atoms with E-state index in [4.69, 9.17) is 14.5 Å². The third kappa shape index (κ3) is 10.1. The van der Waals surface area contributed by atoms with Gasteiger partial charge in [0.05, 0.1) is 11.4 Å². The van der Waals surface area contributed by atoms with Gasteiger partial charge in [-0.15, -0.1) is 0 Å². The Hall–Kier alpha value is -6.66. The zero-order valence-electron chi connectivity index (χ0n) is 33.0. The minimum Gasteiger partial charge on any atom is -0.451 e. The van der Waals surface area contributed by atoms with Gasteiger partial charge in [-0.2, -0.15) is 11.8 Å². The highest BCUT2D eigenvalue weighted by molar-refractivity contribution is 7.99. The number of carbonyl (C=O) groups is 4. The van der Waals surface area contributed by atoms with Gasteiger partial charge in [0.25, 0.3) is 11.8 Å². The van der Waals surface area contributed by atoms with Crippen LogP contribution in [0.1, 0.15) is 59.6 Å². The number of nitrogens with one attached hydrogen (secondary N) is 3. The fourth-order valence-electron chi connectivity index (χ4n) is 6.74. The Morgan fingerprint density at radius 1 is 0.814 bits per heavy atom. The van der Waals surface area contributed by atoms with Gasteiger partial charge in [0, 0.05) is 40.1 Å². The van der Waals surface area contributed by atoms with Crippen LogP contribution in [0.4, 0.5) is 10.5 Å². The number of benzene rings is 5. The maximum atomic E-state index is 14.6. The molecule has 0 saturated heterocycles. The molecule has 0 aliphatic carbocycles. The lowest BCUT2D eigenvalue weighted by Gasteiger charge is -2.27. The number of ether oxygens (including phenoxy) is 2. The van der Waals surface area contributed by atoms with Crippen molar-refractivity contribution < 1.29 is 28.7 Å². The molecular weight excluding hydrogens is 763 g/mol. The van der Waals surface area contributed by atoms with Crippen molar-refractivity contribution in [2.75, 3.05) is 23.0 Å². The Labute approximate surface area is 347 Å². The average molecular weight is 808 g/mol. The van der Waals surface area contributed by atoms with Crippen LogP contribution < -0.4 is 15.5 Å². The van der Waals surface area contributed by atoms with Crippen LogP contribution in [-0.4, -0.2) is 70.4 Å². The fourth-order valence-corrected chi connectivity index (χ4v) is 7.67. The molecular formula is C47H45N5O6S. The number of rotatable bonds is 13. The topological polar surface area (TPSA) is 142 Å². The molecule has 2 heterocycles. The van der Waals surface area contributed by atoms with Crippen LogP contribution in [0.15, 0.2) is 151 Å². The summed E-state index contributed by atoms with van der Waals surface area (Å²) in [5.41, 5.74) is 4.54. The highest BCUT2D eigenvalue weighted by atomic mass is 32.2. The molecule has 0 radical (unpaired) electrons. The highest BCUT2D eigenvalue weighted by Crippen LogP contribution is 2.30. The molecule has 3 N–H and O–H groups in total. The van der Waals surface area contributed by atoms with Gasteiger partial charge in [-0.25, -0.2) is 14.6 Å². The molecule has 11 nitrogen and oxygen atoms in total. The average Bonchev–Trinajstić information content (AvgIpc) is 3.64. The lowest BCUT2D eigenvalue weighted by atomic mass is 10.0. The number of benzodiazepines with no additional fused rings is 1. The lowest BCUT2D eigenvalue weighted by molar-refractivity contribution is -0.149. The summed E-state index contributed by atoms with van der Waals surface area (Å²) in [6.07, 6.45) is -2.74. The Balaban J connectivity index is 1.12. The molecule has 2 atom stereocenters.